The van der Waals surface area contributed by atoms with E-state index in [9.17, 15) is 18.0 Å². The number of halogens is 1. The van der Waals surface area contributed by atoms with Crippen molar-refractivity contribution in [3.8, 4) is 0 Å². The maximum Gasteiger partial charge on any atom is 0.338 e. The van der Waals surface area contributed by atoms with Gasteiger partial charge in [0.1, 0.15) is 4.90 Å². The van der Waals surface area contributed by atoms with Crippen LogP contribution in [0.2, 0.25) is 5.02 Å². The summed E-state index contributed by atoms with van der Waals surface area (Å²) in [5, 5.41) is 0.00917. The number of carbonyl (C=O) groups is 2. The highest BCUT2D eigenvalue weighted by Gasteiger charge is 2.29. The molecule has 0 unspecified atom stereocenters. The van der Waals surface area contributed by atoms with Crippen LogP contribution in [0.1, 0.15) is 38.1 Å². The van der Waals surface area contributed by atoms with Gasteiger partial charge in [0.05, 0.1) is 23.8 Å². The lowest BCUT2D eigenvalue weighted by molar-refractivity contribution is -0.138. The zero-order valence-electron chi connectivity index (χ0n) is 17.1. The van der Waals surface area contributed by atoms with Gasteiger partial charge in [-0.2, -0.15) is 4.31 Å². The molecule has 8 nitrogen and oxygen atoms in total. The predicted molar refractivity (Wildman–Crippen MR) is 108 cm³/mol. The topological polar surface area (TPSA) is 93.2 Å². The van der Waals surface area contributed by atoms with Gasteiger partial charge in [-0.15, -0.1) is 0 Å². The van der Waals surface area contributed by atoms with Gasteiger partial charge < -0.3 is 14.4 Å². The van der Waals surface area contributed by atoms with Crippen LogP contribution in [0.5, 0.6) is 0 Å². The molecule has 29 heavy (non-hydrogen) atoms. The van der Waals surface area contributed by atoms with E-state index in [1.54, 1.807) is 4.90 Å². The smallest absolute Gasteiger partial charge is 0.338 e. The van der Waals surface area contributed by atoms with Crippen molar-refractivity contribution in [1.29, 1.82) is 0 Å². The predicted octanol–water partition coefficient (Wildman–Crippen LogP) is 2.16. The molecule has 1 aliphatic rings. The first-order valence-corrected chi connectivity index (χ1v) is 11.2. The average molecular weight is 447 g/mol. The number of esters is 1. The highest BCUT2D eigenvalue weighted by atomic mass is 35.5. The van der Waals surface area contributed by atoms with Gasteiger partial charge in [0.2, 0.25) is 10.0 Å². The third-order valence-electron chi connectivity index (χ3n) is 4.48. The number of rotatable bonds is 7. The van der Waals surface area contributed by atoms with Crippen LogP contribution in [0.3, 0.4) is 0 Å². The molecule has 1 aromatic rings. The number of benzene rings is 1. The van der Waals surface area contributed by atoms with Crippen LogP contribution in [0, 0.1) is 0 Å². The number of nitrogens with zero attached hydrogens (tertiary/aromatic N) is 2. The Kier molecular flexibility index (Phi) is 8.04. The number of hydrogen-bond donors (Lipinski definition) is 0. The lowest BCUT2D eigenvalue weighted by atomic mass is 10.2. The summed E-state index contributed by atoms with van der Waals surface area (Å²) in [6, 6.07) is 3.81. The second kappa shape index (κ2) is 9.88. The number of carbonyl (C=O) groups excluding carboxylic acids is 2. The van der Waals surface area contributed by atoms with Crippen molar-refractivity contribution in [3.63, 3.8) is 0 Å². The fourth-order valence-corrected chi connectivity index (χ4v) is 5.12. The summed E-state index contributed by atoms with van der Waals surface area (Å²) in [5.74, 6) is -1.11. The molecular weight excluding hydrogens is 420 g/mol. The van der Waals surface area contributed by atoms with Crippen LogP contribution >= 0.6 is 11.6 Å². The van der Waals surface area contributed by atoms with Gasteiger partial charge in [-0.3, -0.25) is 4.79 Å². The number of hydrogen-bond acceptors (Lipinski definition) is 6. The Hall–Kier alpha value is -1.68. The van der Waals surface area contributed by atoms with Crippen molar-refractivity contribution in [2.45, 2.75) is 44.7 Å². The van der Waals surface area contributed by atoms with Crippen LogP contribution in [-0.2, 0) is 24.3 Å². The number of ether oxygens (including phenoxy) is 2. The standard InChI is InChI=1S/C19H27ClN2O6S/c1-13(2)22(14(3)4)18(23)12-28-19(24)15-5-6-16(20)17(11-15)29(25,26)21-7-9-27-10-8-21/h5-6,11,13-14H,7-10,12H2,1-4H3. The number of amides is 1. The van der Waals surface area contributed by atoms with E-state index >= 15 is 0 Å². The van der Waals surface area contributed by atoms with Crippen molar-refractivity contribution < 1.29 is 27.5 Å². The molecule has 1 aromatic carbocycles. The number of morpholine rings is 1. The van der Waals surface area contributed by atoms with Gasteiger partial charge in [0, 0.05) is 25.2 Å². The minimum atomic E-state index is -3.88. The first kappa shape index (κ1) is 23.6. The first-order chi connectivity index (χ1) is 13.6. The molecule has 162 valence electrons. The highest BCUT2D eigenvalue weighted by Crippen LogP contribution is 2.26. The minimum absolute atomic E-state index is 0.00896. The molecule has 1 amide bonds. The third-order valence-corrected chi connectivity index (χ3v) is 6.86. The van der Waals surface area contributed by atoms with Crippen LogP contribution in [0.15, 0.2) is 23.1 Å². The molecule has 1 fully saturated rings. The fraction of sp³-hybridized carbons (Fsp3) is 0.579. The molecule has 1 heterocycles. The van der Waals surface area contributed by atoms with Crippen molar-refractivity contribution in [2.24, 2.45) is 0 Å². The van der Waals surface area contributed by atoms with E-state index in [0.29, 0.717) is 13.2 Å². The Balaban J connectivity index is 2.16. The summed E-state index contributed by atoms with van der Waals surface area (Å²) >= 11 is 6.09. The van der Waals surface area contributed by atoms with E-state index < -0.39 is 22.6 Å². The third kappa shape index (κ3) is 5.69. The van der Waals surface area contributed by atoms with Gasteiger partial charge >= 0.3 is 5.97 Å². The van der Waals surface area contributed by atoms with Crippen LogP contribution in [0.25, 0.3) is 0 Å². The lowest BCUT2D eigenvalue weighted by Crippen LogP contribution is -2.44. The molecule has 0 atom stereocenters. The minimum Gasteiger partial charge on any atom is -0.452 e. The zero-order chi connectivity index (χ0) is 21.8. The van der Waals surface area contributed by atoms with Gasteiger partial charge in [-0.25, -0.2) is 13.2 Å². The largest absolute Gasteiger partial charge is 0.452 e. The molecule has 0 aromatic heterocycles. The molecular formula is C19H27ClN2O6S. The zero-order valence-corrected chi connectivity index (χ0v) is 18.6. The van der Waals surface area contributed by atoms with E-state index in [0.717, 1.165) is 0 Å². The molecule has 1 saturated heterocycles. The second-order valence-corrected chi connectivity index (χ2v) is 9.54. The SMILES string of the molecule is CC(C)N(C(=O)COC(=O)c1ccc(Cl)c(S(=O)(=O)N2CCOCC2)c1)C(C)C. The lowest BCUT2D eigenvalue weighted by Gasteiger charge is -2.30. The summed E-state index contributed by atoms with van der Waals surface area (Å²) in [7, 11) is -3.88. The molecule has 0 bridgehead atoms. The average Bonchev–Trinajstić information content (AvgIpc) is 2.66. The summed E-state index contributed by atoms with van der Waals surface area (Å²) < 4.78 is 37.3. The molecule has 0 N–H and O–H groups in total. The summed E-state index contributed by atoms with van der Waals surface area (Å²) in [4.78, 5) is 26.2. The first-order valence-electron chi connectivity index (χ1n) is 9.41. The van der Waals surface area contributed by atoms with E-state index in [-0.39, 0.29) is 46.6 Å². The van der Waals surface area contributed by atoms with E-state index in [4.69, 9.17) is 21.1 Å². The molecule has 0 spiro atoms. The van der Waals surface area contributed by atoms with Gasteiger partial charge in [-0.1, -0.05) is 11.6 Å². The molecule has 0 saturated carbocycles. The van der Waals surface area contributed by atoms with Gasteiger partial charge in [-0.05, 0) is 45.9 Å². The molecule has 2 rings (SSSR count). The summed E-state index contributed by atoms with van der Waals surface area (Å²) in [5.41, 5.74) is 0.00896. The Labute approximate surface area is 176 Å². The molecule has 0 radical (unpaired) electrons. The van der Waals surface area contributed by atoms with Crippen molar-refractivity contribution in [1.82, 2.24) is 9.21 Å². The highest BCUT2D eigenvalue weighted by molar-refractivity contribution is 7.89. The van der Waals surface area contributed by atoms with Crippen LogP contribution in [0.4, 0.5) is 0 Å². The quantitative estimate of drug-likeness (QED) is 0.596. The monoisotopic (exact) mass is 446 g/mol. The Bertz CT molecular complexity index is 842. The van der Waals surface area contributed by atoms with Crippen molar-refractivity contribution >= 4 is 33.5 Å². The fourth-order valence-electron chi connectivity index (χ4n) is 3.21. The Morgan fingerprint density at radius 1 is 1.17 bits per heavy atom. The Morgan fingerprint density at radius 2 is 1.76 bits per heavy atom. The second-order valence-electron chi connectivity index (χ2n) is 7.23. The van der Waals surface area contributed by atoms with Crippen LogP contribution < -0.4 is 0 Å². The Morgan fingerprint density at radius 3 is 2.31 bits per heavy atom. The maximum atomic E-state index is 12.9. The summed E-state index contributed by atoms with van der Waals surface area (Å²) in [6.07, 6.45) is 0. The van der Waals surface area contributed by atoms with Crippen LogP contribution in [-0.4, -0.2) is 74.5 Å². The number of sulfonamides is 1. The molecule has 10 heteroatoms. The van der Waals surface area contributed by atoms with Gasteiger partial charge in [0.25, 0.3) is 5.91 Å². The van der Waals surface area contributed by atoms with E-state index in [2.05, 4.69) is 0 Å². The summed E-state index contributed by atoms with van der Waals surface area (Å²) in [6.45, 7) is 8.09. The normalized spacial score (nSPS) is 15.6. The molecule has 1 aliphatic heterocycles. The van der Waals surface area contributed by atoms with E-state index in [1.165, 1.54) is 22.5 Å². The van der Waals surface area contributed by atoms with E-state index in [1.807, 2.05) is 27.7 Å². The molecule has 0 aliphatic carbocycles. The van der Waals surface area contributed by atoms with Crippen molar-refractivity contribution in [3.05, 3.63) is 28.8 Å². The van der Waals surface area contributed by atoms with Crippen molar-refractivity contribution in [2.75, 3.05) is 32.9 Å². The van der Waals surface area contributed by atoms with Gasteiger partial charge in [0.15, 0.2) is 6.61 Å². The maximum absolute atomic E-state index is 12.9.